The molecule has 0 spiro atoms. The zero-order valence-corrected chi connectivity index (χ0v) is 25.6. The summed E-state index contributed by atoms with van der Waals surface area (Å²) >= 11 is 0. The van der Waals surface area contributed by atoms with E-state index in [0.717, 1.165) is 12.0 Å². The Morgan fingerprint density at radius 3 is 2.20 bits per heavy atom. The zero-order valence-electron chi connectivity index (χ0n) is 25.6. The summed E-state index contributed by atoms with van der Waals surface area (Å²) in [6.07, 6.45) is 4.30. The van der Waals surface area contributed by atoms with Crippen LogP contribution in [0.15, 0.2) is 23.8 Å². The average Bonchev–Trinajstić information content (AvgIpc) is 3.12. The number of aliphatic hydroxyl groups is 4. The standard InChI is InChI=1S/C32H54O8/c1-19-13-20(2)18-32(7)23(5)16-27(40-32)17-28(35)30(37)29(36)22(4)15-24(6)39-31(38)21(3)9-8-10-25(33)11-12-26(34)14-19/h11-12,18-19,21-27,29-30,33-34,36-37H,8-10,13-17H2,1-7H3. The van der Waals surface area contributed by atoms with Crippen molar-refractivity contribution >= 4 is 11.8 Å². The minimum Gasteiger partial charge on any atom is -0.462 e. The van der Waals surface area contributed by atoms with Crippen LogP contribution in [-0.4, -0.2) is 74.4 Å². The van der Waals surface area contributed by atoms with Crippen molar-refractivity contribution in [2.75, 3.05) is 0 Å². The molecular formula is C32H54O8. The van der Waals surface area contributed by atoms with Gasteiger partial charge in [0.15, 0.2) is 5.78 Å². The number of esters is 1. The molecule has 40 heavy (non-hydrogen) atoms. The van der Waals surface area contributed by atoms with E-state index in [9.17, 15) is 30.0 Å². The van der Waals surface area contributed by atoms with Gasteiger partial charge in [0.05, 0.1) is 42.0 Å². The number of hydrogen-bond donors (Lipinski definition) is 4. The van der Waals surface area contributed by atoms with Gasteiger partial charge in [0.25, 0.3) is 0 Å². The molecule has 0 aliphatic carbocycles. The molecule has 8 nitrogen and oxygen atoms in total. The van der Waals surface area contributed by atoms with E-state index in [-0.39, 0.29) is 36.2 Å². The van der Waals surface area contributed by atoms with Crippen molar-refractivity contribution < 1.29 is 39.5 Å². The van der Waals surface area contributed by atoms with E-state index in [2.05, 4.69) is 19.9 Å². The van der Waals surface area contributed by atoms with Gasteiger partial charge in [0.2, 0.25) is 0 Å². The molecule has 0 saturated carbocycles. The molecule has 2 bridgehead atoms. The van der Waals surface area contributed by atoms with E-state index in [4.69, 9.17) is 9.47 Å². The van der Waals surface area contributed by atoms with Crippen LogP contribution in [0, 0.1) is 23.7 Å². The van der Waals surface area contributed by atoms with E-state index in [0.29, 0.717) is 38.5 Å². The highest BCUT2D eigenvalue weighted by atomic mass is 16.5. The predicted octanol–water partition coefficient (Wildman–Crippen LogP) is 4.27. The first kappa shape index (κ1) is 34.6. The van der Waals surface area contributed by atoms with Crippen LogP contribution in [0.2, 0.25) is 0 Å². The molecule has 11 unspecified atom stereocenters. The summed E-state index contributed by atoms with van der Waals surface area (Å²) in [6, 6.07) is 0. The molecule has 0 aromatic heterocycles. The minimum atomic E-state index is -1.54. The fourth-order valence-corrected chi connectivity index (χ4v) is 6.10. The zero-order chi connectivity index (χ0) is 30.2. The molecule has 0 aromatic carbocycles. The number of cyclic esters (lactones) is 1. The number of Topliss-reactive ketones (excluding diaryl/α,β-unsaturated/α-hetero) is 1. The van der Waals surface area contributed by atoms with Crippen molar-refractivity contribution in [3.05, 3.63) is 23.8 Å². The van der Waals surface area contributed by atoms with Crippen LogP contribution < -0.4 is 0 Å². The van der Waals surface area contributed by atoms with Crippen LogP contribution in [0.4, 0.5) is 0 Å². The Morgan fingerprint density at radius 2 is 1.52 bits per heavy atom. The van der Waals surface area contributed by atoms with Gasteiger partial charge in [0.1, 0.15) is 6.10 Å². The first-order valence-electron chi connectivity index (χ1n) is 15.1. The molecule has 0 amide bonds. The van der Waals surface area contributed by atoms with Crippen molar-refractivity contribution in [2.24, 2.45) is 23.7 Å². The summed E-state index contributed by atoms with van der Waals surface area (Å²) in [6.45, 7) is 13.5. The van der Waals surface area contributed by atoms with E-state index < -0.39 is 47.8 Å². The number of allylic oxidation sites excluding steroid dienone is 1. The van der Waals surface area contributed by atoms with Gasteiger partial charge in [-0.3, -0.25) is 9.59 Å². The normalized spacial score (nSPS) is 42.4. The lowest BCUT2D eigenvalue weighted by Crippen LogP contribution is -2.41. The average molecular weight is 567 g/mol. The Morgan fingerprint density at radius 1 is 0.875 bits per heavy atom. The first-order valence-corrected chi connectivity index (χ1v) is 15.1. The summed E-state index contributed by atoms with van der Waals surface area (Å²) in [4.78, 5) is 25.5. The van der Waals surface area contributed by atoms with Crippen molar-refractivity contribution in [1.82, 2.24) is 0 Å². The van der Waals surface area contributed by atoms with Crippen molar-refractivity contribution in [3.63, 3.8) is 0 Å². The largest absolute Gasteiger partial charge is 0.462 e. The second-order valence-corrected chi connectivity index (χ2v) is 13.0. The van der Waals surface area contributed by atoms with E-state index in [1.54, 1.807) is 32.9 Å². The van der Waals surface area contributed by atoms with Crippen LogP contribution in [0.5, 0.6) is 0 Å². The second-order valence-electron chi connectivity index (χ2n) is 13.0. The molecule has 4 N–H and O–H groups in total. The number of ether oxygens (including phenoxy) is 2. The lowest BCUT2D eigenvalue weighted by molar-refractivity contribution is -0.155. The van der Waals surface area contributed by atoms with E-state index in [1.165, 1.54) is 0 Å². The monoisotopic (exact) mass is 566 g/mol. The Hall–Kier alpha value is -1.58. The number of aliphatic hydroxyl groups excluding tert-OH is 4. The fraction of sp³-hybridized carbons (Fsp3) is 0.812. The van der Waals surface area contributed by atoms with Gasteiger partial charge in [-0.05, 0) is 83.5 Å². The van der Waals surface area contributed by atoms with Gasteiger partial charge in [-0.25, -0.2) is 0 Å². The number of ketones is 1. The maximum Gasteiger partial charge on any atom is 0.308 e. The number of carbonyl (C=O) groups is 2. The number of rotatable bonds is 0. The molecule has 1 fully saturated rings. The molecule has 8 heteroatoms. The number of carbonyl (C=O) groups excluding carboxylic acids is 2. The van der Waals surface area contributed by atoms with E-state index in [1.807, 2.05) is 13.8 Å². The third-order valence-electron chi connectivity index (χ3n) is 8.64. The molecule has 2 heterocycles. The van der Waals surface area contributed by atoms with Gasteiger partial charge >= 0.3 is 5.97 Å². The summed E-state index contributed by atoms with van der Waals surface area (Å²) < 4.78 is 11.9. The molecule has 2 rings (SSSR count). The molecule has 0 radical (unpaired) electrons. The Kier molecular flexibility index (Phi) is 13.5. The maximum absolute atomic E-state index is 12.9. The Balaban J connectivity index is 2.18. The molecule has 0 aromatic rings. The van der Waals surface area contributed by atoms with Gasteiger partial charge < -0.3 is 29.9 Å². The quantitative estimate of drug-likeness (QED) is 0.252. The SMILES string of the molecule is CC1=CC2(C)OC(CC(=O)C(O)C(O)C(C)CC(C)OC(=O)C(C)CCCC(O)C=CC(O)CC(C)C1)CC2C. The summed E-state index contributed by atoms with van der Waals surface area (Å²) in [5.41, 5.74) is 0.580. The van der Waals surface area contributed by atoms with Crippen LogP contribution in [0.3, 0.4) is 0 Å². The van der Waals surface area contributed by atoms with Gasteiger partial charge in [-0.15, -0.1) is 0 Å². The second kappa shape index (κ2) is 15.6. The third kappa shape index (κ3) is 10.7. The predicted molar refractivity (Wildman–Crippen MR) is 154 cm³/mol. The molecule has 11 atom stereocenters. The highest BCUT2D eigenvalue weighted by Crippen LogP contribution is 2.39. The molecule has 2 aliphatic rings. The van der Waals surface area contributed by atoms with Crippen LogP contribution in [0.25, 0.3) is 0 Å². The Bertz CT molecular complexity index is 884. The molecular weight excluding hydrogens is 512 g/mol. The smallest absolute Gasteiger partial charge is 0.308 e. The number of fused-ring (bicyclic) bond motifs is 2. The third-order valence-corrected chi connectivity index (χ3v) is 8.64. The highest BCUT2D eigenvalue weighted by molar-refractivity contribution is 5.84. The van der Waals surface area contributed by atoms with Crippen molar-refractivity contribution in [2.45, 2.75) is 142 Å². The van der Waals surface area contributed by atoms with Gasteiger partial charge in [-0.2, -0.15) is 0 Å². The van der Waals surface area contributed by atoms with Crippen LogP contribution in [-0.2, 0) is 19.1 Å². The molecule has 2 aliphatic heterocycles. The van der Waals surface area contributed by atoms with Gasteiger partial charge in [-0.1, -0.05) is 51.5 Å². The topological polar surface area (TPSA) is 134 Å². The lowest BCUT2D eigenvalue weighted by atomic mass is 9.85. The molecule has 230 valence electrons. The molecule has 1 saturated heterocycles. The van der Waals surface area contributed by atoms with Crippen LogP contribution >= 0.6 is 0 Å². The van der Waals surface area contributed by atoms with Crippen LogP contribution in [0.1, 0.15) is 99.8 Å². The van der Waals surface area contributed by atoms with Crippen molar-refractivity contribution in [3.8, 4) is 0 Å². The maximum atomic E-state index is 12.9. The summed E-state index contributed by atoms with van der Waals surface area (Å²) in [7, 11) is 0. The summed E-state index contributed by atoms with van der Waals surface area (Å²) in [5, 5.41) is 42.2. The van der Waals surface area contributed by atoms with Crippen molar-refractivity contribution in [1.29, 1.82) is 0 Å². The lowest BCUT2D eigenvalue weighted by Gasteiger charge is -2.28. The minimum absolute atomic E-state index is 0.0145. The number of hydrogen-bond acceptors (Lipinski definition) is 8. The van der Waals surface area contributed by atoms with E-state index >= 15 is 0 Å². The summed E-state index contributed by atoms with van der Waals surface area (Å²) in [5.74, 6) is -1.28. The Labute approximate surface area is 240 Å². The highest BCUT2D eigenvalue weighted by Gasteiger charge is 2.43. The first-order chi connectivity index (χ1) is 18.6. The fourth-order valence-electron chi connectivity index (χ4n) is 6.10. The van der Waals surface area contributed by atoms with Gasteiger partial charge in [0, 0.05) is 6.42 Å².